The smallest absolute Gasteiger partial charge is 0.228 e. The monoisotopic (exact) mass is 1040 g/mol. The molecule has 0 aliphatic carbocycles. The van der Waals surface area contributed by atoms with Gasteiger partial charge < -0.3 is 33.6 Å². The third-order valence-electron chi connectivity index (χ3n) is 14.0. The molecule has 13 nitrogen and oxygen atoms in total. The van der Waals surface area contributed by atoms with E-state index in [0.29, 0.717) is 52.9 Å². The van der Waals surface area contributed by atoms with Crippen LogP contribution >= 0.6 is 35.6 Å². The molecule has 386 valence electrons. The standard InChI is InChI=1S/C56H69Cl2N7O6.ClH/c1-39-51(66)31-45(38-70-6)55(68)61(4)48(30-41-15-20-46(57)21-16-41)36-64(28-12-25-60(2)3)56(69)44(29-40-13-8-7-9-14-40)32-54(67)65(39)35-43-17-22-47(58)33-52(43)71-49-23-18-42(19-24-49)50-34-59-53(62(50)5)37-63-26-10-11-27-63;/h7-9,13-24,33-34,39,44-45,48H,10-12,25-32,35-38H2,1-6H3;1H/t39-,44+,45-,48+;/m0./s1. The summed E-state index contributed by atoms with van der Waals surface area (Å²) in [6.45, 7) is 5.99. The van der Waals surface area contributed by atoms with Crippen molar-refractivity contribution in [1.29, 1.82) is 0 Å². The normalized spacial score (nSPS) is 19.8. The van der Waals surface area contributed by atoms with Crippen LogP contribution in [0.4, 0.5) is 0 Å². The van der Waals surface area contributed by atoms with Gasteiger partial charge in [0.2, 0.25) is 17.7 Å². The lowest BCUT2D eigenvalue weighted by molar-refractivity contribution is -0.148. The van der Waals surface area contributed by atoms with Crippen LogP contribution in [0.25, 0.3) is 11.3 Å². The van der Waals surface area contributed by atoms with Crippen LogP contribution in [0, 0.1) is 11.8 Å². The van der Waals surface area contributed by atoms with Gasteiger partial charge in [-0.1, -0.05) is 71.7 Å². The Labute approximate surface area is 441 Å². The number of benzene rings is 4. The van der Waals surface area contributed by atoms with E-state index < -0.39 is 23.9 Å². The van der Waals surface area contributed by atoms with Gasteiger partial charge in [0.25, 0.3) is 0 Å². The fourth-order valence-electron chi connectivity index (χ4n) is 9.75. The zero-order valence-electron chi connectivity index (χ0n) is 42.5. The zero-order chi connectivity index (χ0) is 50.6. The molecule has 0 bridgehead atoms. The molecule has 4 aromatic carbocycles. The van der Waals surface area contributed by atoms with E-state index in [1.807, 2.05) is 111 Å². The minimum absolute atomic E-state index is 0. The molecule has 4 atom stereocenters. The van der Waals surface area contributed by atoms with E-state index in [1.54, 1.807) is 37.1 Å². The summed E-state index contributed by atoms with van der Waals surface area (Å²) in [5.74, 6) is -0.821. The van der Waals surface area contributed by atoms with E-state index in [1.165, 1.54) is 24.9 Å². The molecule has 0 N–H and O–H groups in total. The predicted octanol–water partition coefficient (Wildman–Crippen LogP) is 9.26. The van der Waals surface area contributed by atoms with Crippen LogP contribution in [0.15, 0.2) is 103 Å². The number of carbonyl (C=O) groups is 4. The van der Waals surface area contributed by atoms with E-state index in [9.17, 15) is 9.59 Å². The number of Topliss-reactive ketones (excluding diaryl/α,β-unsaturated/α-hetero) is 1. The summed E-state index contributed by atoms with van der Waals surface area (Å²) < 4.78 is 14.3. The number of methoxy groups -OCH3 is 1. The van der Waals surface area contributed by atoms with Gasteiger partial charge in [0.15, 0.2) is 5.78 Å². The number of imidazole rings is 1. The Hall–Kier alpha value is -5.28. The van der Waals surface area contributed by atoms with Gasteiger partial charge >= 0.3 is 0 Å². The number of likely N-dealkylation sites (N-methyl/N-ethyl adjacent to an activating group) is 1. The average molecular weight is 1040 g/mol. The lowest BCUT2D eigenvalue weighted by Crippen LogP contribution is -2.53. The molecule has 1 aromatic heterocycles. The summed E-state index contributed by atoms with van der Waals surface area (Å²) in [6.07, 6.45) is 5.41. The summed E-state index contributed by atoms with van der Waals surface area (Å²) in [5.41, 5.74) is 4.43. The summed E-state index contributed by atoms with van der Waals surface area (Å²) in [6, 6.07) is 28.7. The summed E-state index contributed by atoms with van der Waals surface area (Å²) in [4.78, 5) is 74.2. The van der Waals surface area contributed by atoms with E-state index in [2.05, 4.69) is 14.4 Å². The first-order chi connectivity index (χ1) is 34.2. The molecule has 72 heavy (non-hydrogen) atoms. The maximum Gasteiger partial charge on any atom is 0.228 e. The van der Waals surface area contributed by atoms with Gasteiger partial charge in [-0.25, -0.2) is 4.98 Å². The minimum atomic E-state index is -0.992. The number of ketones is 1. The predicted molar refractivity (Wildman–Crippen MR) is 287 cm³/mol. The van der Waals surface area contributed by atoms with E-state index in [4.69, 9.17) is 37.7 Å². The lowest BCUT2D eigenvalue weighted by atomic mass is 9.91. The first-order valence-corrected chi connectivity index (χ1v) is 25.5. The number of hydrogen-bond donors (Lipinski definition) is 0. The number of carbonyl (C=O) groups excluding carboxylic acids is 4. The highest BCUT2D eigenvalue weighted by molar-refractivity contribution is 6.31. The fourth-order valence-corrected chi connectivity index (χ4v) is 10.0. The van der Waals surface area contributed by atoms with Gasteiger partial charge in [-0.05, 0) is 132 Å². The van der Waals surface area contributed by atoms with Crippen molar-refractivity contribution in [1.82, 2.24) is 34.1 Å². The number of rotatable bonds is 17. The van der Waals surface area contributed by atoms with Crippen LogP contribution in [0.2, 0.25) is 10.0 Å². The van der Waals surface area contributed by atoms with Gasteiger partial charge in [0, 0.05) is 68.3 Å². The summed E-state index contributed by atoms with van der Waals surface area (Å²) in [7, 11) is 9.27. The van der Waals surface area contributed by atoms with E-state index in [-0.39, 0.29) is 68.4 Å². The Bertz CT molecular complexity index is 2570. The van der Waals surface area contributed by atoms with Crippen molar-refractivity contribution < 1.29 is 28.7 Å². The second-order valence-corrected chi connectivity index (χ2v) is 20.3. The van der Waals surface area contributed by atoms with Crippen LogP contribution < -0.4 is 4.74 Å². The van der Waals surface area contributed by atoms with Gasteiger partial charge in [0.1, 0.15) is 17.3 Å². The molecule has 0 radical (unpaired) electrons. The maximum absolute atomic E-state index is 15.3. The maximum atomic E-state index is 15.3. The minimum Gasteiger partial charge on any atom is -0.457 e. The van der Waals surface area contributed by atoms with Crippen molar-refractivity contribution in [3.63, 3.8) is 0 Å². The molecule has 2 fully saturated rings. The van der Waals surface area contributed by atoms with Crippen LogP contribution in [-0.4, -0.2) is 137 Å². The number of nitrogens with zero attached hydrogens (tertiary/aromatic N) is 7. The molecular formula is C56H70Cl3N7O6. The molecule has 0 spiro atoms. The number of halogens is 3. The van der Waals surface area contributed by atoms with Gasteiger partial charge in [0.05, 0.1) is 55.5 Å². The number of hydrogen-bond acceptors (Lipinski definition) is 9. The highest BCUT2D eigenvalue weighted by atomic mass is 35.5. The van der Waals surface area contributed by atoms with Gasteiger partial charge in [-0.3, -0.25) is 24.1 Å². The third kappa shape index (κ3) is 14.9. The van der Waals surface area contributed by atoms with Crippen LogP contribution in [-0.2, 0) is 56.9 Å². The molecule has 2 saturated heterocycles. The Morgan fingerprint density at radius 2 is 1.46 bits per heavy atom. The Morgan fingerprint density at radius 3 is 2.14 bits per heavy atom. The number of ether oxygens (including phenoxy) is 2. The van der Waals surface area contributed by atoms with Crippen LogP contribution in [0.3, 0.4) is 0 Å². The third-order valence-corrected chi connectivity index (χ3v) is 14.5. The second-order valence-electron chi connectivity index (χ2n) is 19.5. The second kappa shape index (κ2) is 26.6. The van der Waals surface area contributed by atoms with Crippen molar-refractivity contribution in [2.24, 2.45) is 18.9 Å². The molecule has 2 aliphatic heterocycles. The first kappa shape index (κ1) is 56.0. The molecule has 5 aromatic rings. The van der Waals surface area contributed by atoms with Gasteiger partial charge in [-0.2, -0.15) is 0 Å². The zero-order valence-corrected chi connectivity index (χ0v) is 44.8. The number of likely N-dealkylation sites (tertiary alicyclic amines) is 1. The van der Waals surface area contributed by atoms with Crippen molar-refractivity contribution >= 4 is 59.1 Å². The molecule has 3 amide bonds. The van der Waals surface area contributed by atoms with Crippen LogP contribution in [0.5, 0.6) is 11.5 Å². The molecule has 7 rings (SSSR count). The molecule has 2 aliphatic rings. The Morgan fingerprint density at radius 1 is 0.778 bits per heavy atom. The first-order valence-electron chi connectivity index (χ1n) is 24.8. The quantitative estimate of drug-likeness (QED) is 0.0898. The van der Waals surface area contributed by atoms with Crippen molar-refractivity contribution in [2.45, 2.75) is 77.0 Å². The number of aromatic nitrogens is 2. The Kier molecular flexibility index (Phi) is 20.7. The fraction of sp³-hybridized carbons (Fsp3) is 0.446. The molecular weight excluding hydrogens is 973 g/mol. The van der Waals surface area contributed by atoms with E-state index >= 15 is 9.59 Å². The summed E-state index contributed by atoms with van der Waals surface area (Å²) in [5, 5.41) is 1.02. The largest absolute Gasteiger partial charge is 0.457 e. The molecule has 0 unspecified atom stereocenters. The molecule has 3 heterocycles. The molecule has 0 saturated carbocycles. The Balaban J connectivity index is 0.00000847. The van der Waals surface area contributed by atoms with Crippen LogP contribution in [0.1, 0.15) is 61.5 Å². The highest BCUT2D eigenvalue weighted by Gasteiger charge is 2.38. The SMILES string of the molecule is COC[C@@H]1CC(=O)[C@H](C)N(Cc2ccc(Cl)cc2Oc2ccc(-c3cnc(CN4CCCC4)n3C)cc2)C(=O)C[C@@H](Cc2ccccc2)C(=O)N(CCCN(C)C)C[C@@H](Cc2ccc(Cl)cc2)N(C)C1=O.Cl. The van der Waals surface area contributed by atoms with Crippen molar-refractivity contribution in [3.8, 4) is 22.8 Å². The van der Waals surface area contributed by atoms with Crippen molar-refractivity contribution in [3.05, 3.63) is 136 Å². The van der Waals surface area contributed by atoms with E-state index in [0.717, 1.165) is 54.4 Å². The highest BCUT2D eigenvalue weighted by Crippen LogP contribution is 2.33. The van der Waals surface area contributed by atoms with Gasteiger partial charge in [-0.15, -0.1) is 12.4 Å². The van der Waals surface area contributed by atoms with Crippen molar-refractivity contribution in [2.75, 3.05) is 67.6 Å². The summed E-state index contributed by atoms with van der Waals surface area (Å²) >= 11 is 12.9. The topological polar surface area (TPSA) is 121 Å². The average Bonchev–Trinajstić information content (AvgIpc) is 4.01. The lowest BCUT2D eigenvalue weighted by Gasteiger charge is -2.38. The molecule has 16 heteroatoms. The number of amides is 3.